The molecule has 8 fully saturated rings. The van der Waals surface area contributed by atoms with Crippen LogP contribution in [0.3, 0.4) is 0 Å². The Morgan fingerprint density at radius 1 is 0.212 bits per heavy atom. The third kappa shape index (κ3) is 9.20. The summed E-state index contributed by atoms with van der Waals surface area (Å²) in [6.45, 7) is 0. The van der Waals surface area contributed by atoms with Gasteiger partial charge in [-0.3, -0.25) is 4.98 Å². The van der Waals surface area contributed by atoms with Crippen molar-refractivity contribution in [2.75, 3.05) is 0 Å². The number of hydrogen-bond donors (Lipinski definition) is 0. The van der Waals surface area contributed by atoms with Crippen LogP contribution in [0.25, 0.3) is 176 Å². The zero-order valence-electron chi connectivity index (χ0n) is 65.8. The molecular weight excluding hydrogens is 1430 g/mol. The van der Waals surface area contributed by atoms with Crippen LogP contribution in [-0.2, 0) is 10.8 Å². The lowest BCUT2D eigenvalue weighted by molar-refractivity contribution is -0.0399. The van der Waals surface area contributed by atoms with E-state index in [1.807, 2.05) is 18.5 Å². The monoisotopic (exact) mass is 1510 g/mol. The van der Waals surface area contributed by atoms with Crippen LogP contribution < -0.4 is 0 Å². The molecular formula is C113H85N5. The van der Waals surface area contributed by atoms with E-state index in [0.29, 0.717) is 0 Å². The molecule has 30 rings (SSSR count). The highest BCUT2D eigenvalue weighted by molar-refractivity contribution is 6.15. The number of aromatic nitrogens is 5. The summed E-state index contributed by atoms with van der Waals surface area (Å²) in [5.74, 6) is 6.72. The molecule has 5 heteroatoms. The molecule has 8 bridgehead atoms. The summed E-state index contributed by atoms with van der Waals surface area (Å²) in [6.07, 6.45) is 17.9. The van der Waals surface area contributed by atoms with Gasteiger partial charge in [-0.25, -0.2) is 0 Å². The molecule has 0 radical (unpaired) electrons. The van der Waals surface area contributed by atoms with E-state index in [2.05, 4.69) is 351 Å². The number of hydrogen-bond acceptors (Lipinski definition) is 1. The second-order valence-corrected chi connectivity index (χ2v) is 36.6. The van der Waals surface area contributed by atoms with Crippen molar-refractivity contribution in [2.45, 2.75) is 75.0 Å². The molecule has 8 saturated carbocycles. The number of benzene rings is 15. The van der Waals surface area contributed by atoms with Crippen molar-refractivity contribution < 1.29 is 0 Å². The molecule has 10 aliphatic rings. The maximum Gasteiger partial charge on any atom is 0.0645 e. The molecule has 562 valence electrons. The predicted octanol–water partition coefficient (Wildman–Crippen LogP) is 28.8. The van der Waals surface area contributed by atoms with Gasteiger partial charge in [-0.05, 0) is 328 Å². The van der Waals surface area contributed by atoms with Crippen LogP contribution in [0.5, 0.6) is 0 Å². The van der Waals surface area contributed by atoms with Crippen LogP contribution in [0.4, 0.5) is 0 Å². The van der Waals surface area contributed by atoms with Gasteiger partial charge in [0.1, 0.15) is 0 Å². The maximum absolute atomic E-state index is 4.44. The first-order valence-corrected chi connectivity index (χ1v) is 43.5. The summed E-state index contributed by atoms with van der Waals surface area (Å²) in [6, 6.07) is 127. The Bertz CT molecular complexity index is 7620. The number of nitrogens with zero attached hydrogens (tertiary/aromatic N) is 5. The Hall–Kier alpha value is -13.1. The van der Waals surface area contributed by atoms with Gasteiger partial charge in [0.2, 0.25) is 0 Å². The van der Waals surface area contributed by atoms with E-state index in [0.717, 1.165) is 53.0 Å². The van der Waals surface area contributed by atoms with E-state index < -0.39 is 0 Å². The summed E-state index contributed by atoms with van der Waals surface area (Å²) in [5, 5.41) is 12.8. The van der Waals surface area contributed by atoms with E-state index in [-0.39, 0.29) is 10.8 Å². The van der Waals surface area contributed by atoms with Crippen molar-refractivity contribution in [1.29, 1.82) is 0 Å². The fourth-order valence-corrected chi connectivity index (χ4v) is 27.0. The highest BCUT2D eigenvalue weighted by Crippen LogP contribution is 2.71. The van der Waals surface area contributed by atoms with E-state index >= 15 is 0 Å². The second-order valence-electron chi connectivity index (χ2n) is 36.6. The van der Waals surface area contributed by atoms with Crippen LogP contribution in [0.1, 0.15) is 86.5 Å². The summed E-state index contributed by atoms with van der Waals surface area (Å²) in [7, 11) is 0. The highest BCUT2D eigenvalue weighted by Gasteiger charge is 2.63. The van der Waals surface area contributed by atoms with Crippen molar-refractivity contribution >= 4 is 98.0 Å². The zero-order valence-corrected chi connectivity index (χ0v) is 65.8. The molecule has 0 saturated heterocycles. The molecule has 20 aromatic rings. The largest absolute Gasteiger partial charge is 0.309 e. The van der Waals surface area contributed by atoms with Gasteiger partial charge < -0.3 is 18.3 Å². The minimum absolute atomic E-state index is 0.142. The van der Waals surface area contributed by atoms with Crippen LogP contribution >= 0.6 is 0 Å². The van der Waals surface area contributed by atoms with Crippen LogP contribution in [-0.4, -0.2) is 23.3 Å². The number of fused-ring (bicyclic) bond motifs is 19. The Kier molecular flexibility index (Phi) is 13.9. The topological polar surface area (TPSA) is 32.6 Å². The fourth-order valence-electron chi connectivity index (χ4n) is 27.0. The van der Waals surface area contributed by atoms with Crippen molar-refractivity contribution in [2.24, 2.45) is 47.3 Å². The first-order valence-electron chi connectivity index (χ1n) is 43.5. The standard InChI is InChI=1S/C62H46N2.C51H39N3/c1-2-11-41-33-43(21-20-40(41)10-1)42-12-9-13-48(34-42)63-58-18-7-4-15-52(58)54-35-44(22-26-60(54)63)45-23-27-61-55(36-45)53-16-5-8-19-59(53)64(61)49-24-25-51-50-14-3-6-17-56(50)62(57(51)37-49)46-29-38-28-39(31-46)32-47(62)30-38;1-4-12-45-39(9-1)40-18-17-37(29-46(40)51(45)35-23-31-22-32(25-35)26-36(51)24-31)53-47-13-5-2-10-41(47)43-27-33(15-19-49(43)53)34-16-20-50-44(28-34)42-11-3-6-14-48(42)54(50)38-8-7-21-52-30-38/h1-27,33-39,46-47H,28-32H2;1-21,27-32,35-36H,22-26H2. The van der Waals surface area contributed by atoms with Gasteiger partial charge in [-0.1, -0.05) is 206 Å². The third-order valence-electron chi connectivity index (χ3n) is 31.0. The average molecular weight is 1510 g/mol. The van der Waals surface area contributed by atoms with E-state index in [9.17, 15) is 0 Å². The van der Waals surface area contributed by atoms with E-state index in [1.54, 1.807) is 22.3 Å². The molecule has 10 aliphatic carbocycles. The highest BCUT2D eigenvalue weighted by atomic mass is 15.0. The molecule has 2 spiro atoms. The van der Waals surface area contributed by atoms with Crippen LogP contribution in [0, 0.1) is 47.3 Å². The maximum atomic E-state index is 4.44. The van der Waals surface area contributed by atoms with Gasteiger partial charge in [0.15, 0.2) is 0 Å². The number of pyridine rings is 1. The van der Waals surface area contributed by atoms with E-state index in [4.69, 9.17) is 0 Å². The minimum Gasteiger partial charge on any atom is -0.309 e. The third-order valence-corrected chi connectivity index (χ3v) is 31.0. The molecule has 5 heterocycles. The van der Waals surface area contributed by atoms with Crippen molar-refractivity contribution in [1.82, 2.24) is 23.3 Å². The molecule has 5 nitrogen and oxygen atoms in total. The Labute approximate surface area is 685 Å². The lowest BCUT2D eigenvalue weighted by atomic mass is 9.43. The quantitative estimate of drug-likeness (QED) is 0.157. The molecule has 0 aliphatic heterocycles. The van der Waals surface area contributed by atoms with Gasteiger partial charge in [-0.15, -0.1) is 0 Å². The molecule has 0 N–H and O–H groups in total. The minimum atomic E-state index is 0.142. The number of para-hydroxylation sites is 4. The molecule has 0 unspecified atom stereocenters. The van der Waals surface area contributed by atoms with Gasteiger partial charge in [-0.2, -0.15) is 0 Å². The van der Waals surface area contributed by atoms with Gasteiger partial charge in [0, 0.05) is 77.2 Å². The normalized spacial score (nSPS) is 22.6. The first kappa shape index (κ1) is 66.1. The van der Waals surface area contributed by atoms with Crippen LogP contribution in [0.15, 0.2) is 346 Å². The molecule has 5 aromatic heterocycles. The first-order chi connectivity index (χ1) is 58.4. The molecule has 118 heavy (non-hydrogen) atoms. The van der Waals surface area contributed by atoms with E-state index in [1.165, 1.54) is 235 Å². The summed E-state index contributed by atoms with van der Waals surface area (Å²) in [5.41, 5.74) is 34.8. The number of rotatable bonds is 7. The van der Waals surface area contributed by atoms with Gasteiger partial charge in [0.25, 0.3) is 0 Å². The van der Waals surface area contributed by atoms with Crippen molar-refractivity contribution in [3.05, 3.63) is 368 Å². The molecule has 15 aromatic carbocycles. The average Bonchev–Trinajstić information content (AvgIpc) is 1.49. The second kappa shape index (κ2) is 24.7. The van der Waals surface area contributed by atoms with Crippen molar-refractivity contribution in [3.8, 4) is 78.4 Å². The SMILES string of the molecule is c1cc(-c2ccc3ccccc3c2)cc(-n2c3ccccc3c3cc(-c4ccc5c(c4)c4ccccc4n5-c4ccc5c(c4)C4(c6ccccc6-5)C5CC6CC(C5)CC4C6)ccc32)c1.c1cncc(-n2c3ccccc3c3cc(-c4ccc5c(c4)c4ccccc4n5-c4ccc5c(c4)C4(c6ccccc6-5)C5CC6CC(C5)CC4C6)ccc32)c1. The lowest BCUT2D eigenvalue weighted by Gasteiger charge is -2.61. The lowest BCUT2D eigenvalue weighted by Crippen LogP contribution is -2.55. The molecule has 0 atom stereocenters. The zero-order chi connectivity index (χ0) is 76.8. The van der Waals surface area contributed by atoms with Crippen molar-refractivity contribution in [3.63, 3.8) is 0 Å². The Balaban J connectivity index is 0.000000127. The van der Waals surface area contributed by atoms with Gasteiger partial charge in [0.05, 0.1) is 56.0 Å². The summed E-state index contributed by atoms with van der Waals surface area (Å²) in [4.78, 5) is 4.44. The Morgan fingerprint density at radius 3 is 0.966 bits per heavy atom. The fraction of sp³-hybridized carbons (Fsp3) is 0.177. The summed E-state index contributed by atoms with van der Waals surface area (Å²) >= 11 is 0. The van der Waals surface area contributed by atoms with Crippen LogP contribution in [0.2, 0.25) is 0 Å². The van der Waals surface area contributed by atoms with Gasteiger partial charge >= 0.3 is 0 Å². The smallest absolute Gasteiger partial charge is 0.0645 e. The Morgan fingerprint density at radius 2 is 0.542 bits per heavy atom. The summed E-state index contributed by atoms with van der Waals surface area (Å²) < 4.78 is 9.88. The predicted molar refractivity (Wildman–Crippen MR) is 488 cm³/mol. The molecule has 0 amide bonds.